The largest absolute Gasteiger partial charge is 0.462 e. The van der Waals surface area contributed by atoms with Gasteiger partial charge in [-0.3, -0.25) is 19.2 Å². The molecule has 8 saturated carbocycles. The Kier molecular flexibility index (Phi) is 16.6. The Morgan fingerprint density at radius 1 is 0.643 bits per heavy atom. The van der Waals surface area contributed by atoms with Crippen LogP contribution >= 0.6 is 0 Å². The van der Waals surface area contributed by atoms with Crippen LogP contribution in [0, 0.1) is 107 Å². The van der Waals surface area contributed by atoms with Crippen molar-refractivity contribution in [2.45, 2.75) is 182 Å². The first-order valence-electron chi connectivity index (χ1n) is 21.0. The van der Waals surface area contributed by atoms with Crippen molar-refractivity contribution in [1.29, 1.82) is 0 Å². The summed E-state index contributed by atoms with van der Waals surface area (Å²) in [5.74, 6) is 12.1. The predicted molar refractivity (Wildman–Crippen MR) is 228 cm³/mol. The molecule has 0 radical (unpaired) electrons. The monoisotopic (exact) mass is 789 g/mol. The van der Waals surface area contributed by atoms with Crippen LogP contribution in [0.3, 0.4) is 0 Å². The molecule has 10 fully saturated rings. The minimum Gasteiger partial charge on any atom is -0.462 e. The second-order valence-corrected chi connectivity index (χ2v) is 19.5. The van der Waals surface area contributed by atoms with Crippen molar-refractivity contribution < 1.29 is 33.4 Å². The van der Waals surface area contributed by atoms with Crippen molar-refractivity contribution in [3.63, 3.8) is 0 Å². The van der Waals surface area contributed by atoms with Crippen molar-refractivity contribution in [2.75, 3.05) is 0 Å². The molecule has 7 nitrogen and oxygen atoms in total. The van der Waals surface area contributed by atoms with Crippen LogP contribution in [0.1, 0.15) is 170 Å². The quantitative estimate of drug-likeness (QED) is 0.121. The molecule has 2 heterocycles. The van der Waals surface area contributed by atoms with E-state index in [0.29, 0.717) is 24.2 Å². The summed E-state index contributed by atoms with van der Waals surface area (Å²) < 4.78 is 16.2. The van der Waals surface area contributed by atoms with Crippen LogP contribution < -0.4 is 0 Å². The van der Waals surface area contributed by atoms with Crippen molar-refractivity contribution >= 4 is 23.9 Å². The van der Waals surface area contributed by atoms with Crippen LogP contribution in [0.4, 0.5) is 0 Å². The van der Waals surface area contributed by atoms with Crippen LogP contribution in [0.2, 0.25) is 0 Å². The topological polar surface area (TPSA) is 96.0 Å². The van der Waals surface area contributed by atoms with Gasteiger partial charge in [0.1, 0.15) is 11.7 Å². The minimum atomic E-state index is -0.396. The minimum absolute atomic E-state index is 0. The summed E-state index contributed by atoms with van der Waals surface area (Å²) >= 11 is 0. The lowest BCUT2D eigenvalue weighted by Crippen LogP contribution is -2.43. The van der Waals surface area contributed by atoms with E-state index in [2.05, 4.69) is 39.4 Å². The lowest BCUT2D eigenvalue weighted by molar-refractivity contribution is -0.174. The lowest BCUT2D eigenvalue weighted by Gasteiger charge is -2.44. The smallest absolute Gasteiger partial charge is 0.317 e. The highest BCUT2D eigenvalue weighted by Crippen LogP contribution is 2.72. The van der Waals surface area contributed by atoms with E-state index >= 15 is 0 Å². The van der Waals surface area contributed by atoms with Gasteiger partial charge in [0.15, 0.2) is 0 Å². The van der Waals surface area contributed by atoms with Gasteiger partial charge in [-0.2, -0.15) is 0 Å². The molecule has 2 saturated heterocycles. The van der Waals surface area contributed by atoms with E-state index in [0.717, 1.165) is 96.7 Å². The Morgan fingerprint density at radius 2 is 1.21 bits per heavy atom. The molecule has 0 aromatic heterocycles. The number of hydrogen-bond acceptors (Lipinski definition) is 7. The fourth-order valence-electron chi connectivity index (χ4n) is 14.8. The van der Waals surface area contributed by atoms with Crippen LogP contribution in [-0.2, 0) is 33.4 Å². The summed E-state index contributed by atoms with van der Waals surface area (Å²) in [6.45, 7) is 15.3. The molecule has 20 unspecified atom stereocenters. The second-order valence-electron chi connectivity index (χ2n) is 19.5. The average Bonchev–Trinajstić information content (AvgIpc) is 3.95. The second kappa shape index (κ2) is 18.6. The van der Waals surface area contributed by atoms with Gasteiger partial charge in [0, 0.05) is 6.42 Å². The summed E-state index contributed by atoms with van der Waals surface area (Å²) in [6, 6.07) is 0. The normalized spacial score (nSPS) is 48.5. The zero-order chi connectivity index (χ0) is 35.4. The maximum Gasteiger partial charge on any atom is 0.317 e. The van der Waals surface area contributed by atoms with Crippen molar-refractivity contribution in [1.82, 2.24) is 0 Å². The van der Waals surface area contributed by atoms with Crippen LogP contribution in [0.5, 0.6) is 0 Å². The highest BCUT2D eigenvalue weighted by molar-refractivity contribution is 5.95. The van der Waals surface area contributed by atoms with Crippen LogP contribution in [-0.4, -0.2) is 35.6 Å². The molecular weight excluding hydrogens is 701 g/mol. The predicted octanol–water partition coefficient (Wildman–Crippen LogP) is 12.1. The molecule has 0 aromatic rings. The van der Waals surface area contributed by atoms with E-state index in [9.17, 15) is 19.2 Å². The first-order valence-corrected chi connectivity index (χ1v) is 21.0. The molecule has 20 atom stereocenters. The lowest BCUT2D eigenvalue weighted by atomic mass is 9.61. The van der Waals surface area contributed by atoms with Crippen molar-refractivity contribution in [3.05, 3.63) is 0 Å². The highest BCUT2D eigenvalue weighted by atomic mass is 16.6. The first-order chi connectivity index (χ1) is 23.8. The molecule has 2 aliphatic heterocycles. The summed E-state index contributed by atoms with van der Waals surface area (Å²) in [7, 11) is 0. The molecule has 7 heteroatoms. The number of ether oxygens (including phenoxy) is 3. The van der Waals surface area contributed by atoms with Gasteiger partial charge >= 0.3 is 23.9 Å². The Morgan fingerprint density at radius 3 is 1.68 bits per heavy atom. The molecule has 56 heavy (non-hydrogen) atoms. The molecular formula is C49H88O7. The maximum atomic E-state index is 12.9. The molecule has 8 aliphatic carbocycles. The third-order valence-corrected chi connectivity index (χ3v) is 18.0. The molecule has 0 aromatic carbocycles. The summed E-state index contributed by atoms with van der Waals surface area (Å²) in [6.07, 6.45) is 14.8. The van der Waals surface area contributed by atoms with Gasteiger partial charge in [-0.25, -0.2) is 0 Å². The number of cyclic esters (lactones) is 3. The number of hydrogen-bond donors (Lipinski definition) is 0. The Bertz CT molecular complexity index is 1360. The van der Waals surface area contributed by atoms with Gasteiger partial charge in [0.05, 0.1) is 17.8 Å². The van der Waals surface area contributed by atoms with Gasteiger partial charge < -0.3 is 14.2 Å². The molecule has 10 aliphatic rings. The molecule has 0 spiro atoms. The first kappa shape index (κ1) is 50.2. The molecule has 10 rings (SSSR count). The van der Waals surface area contributed by atoms with Crippen LogP contribution in [0.25, 0.3) is 0 Å². The number of fused-ring (bicyclic) bond motifs is 13. The number of esters is 4. The summed E-state index contributed by atoms with van der Waals surface area (Å²) in [5, 5.41) is 0. The van der Waals surface area contributed by atoms with E-state index in [1.165, 1.54) is 44.9 Å². The van der Waals surface area contributed by atoms with Gasteiger partial charge in [0.25, 0.3) is 0 Å². The summed E-state index contributed by atoms with van der Waals surface area (Å²) in [4.78, 5) is 45.4. The van der Waals surface area contributed by atoms with E-state index < -0.39 is 11.9 Å². The fraction of sp³-hybridized carbons (Fsp3) is 0.918. The van der Waals surface area contributed by atoms with E-state index in [4.69, 9.17) is 9.47 Å². The Labute approximate surface area is 344 Å². The molecule has 326 valence electrons. The van der Waals surface area contributed by atoms with Gasteiger partial charge in [0.2, 0.25) is 0 Å². The number of carbonyl (C=O) groups excluding carboxylic acids is 4. The maximum absolute atomic E-state index is 12.9. The molecule has 8 bridgehead atoms. The number of carbonyl (C=O) groups is 4. The standard InChI is InChI=1S/C19H30O2.C18H26O2.C6H8O3.6CH4/c1-4-19(10-13-5-6-15(19)7-13)21-18(20)17-9-14-8-16(17)12(3)11(14)2;1-8-9(2)12-7-11(8)17-10-5-13(14(6-10)18(12)17)15-3-4-16(19)20-15;1-3-4(2)6(8)9-5(3)7;;;;;;/h11-17H,4-10H2,1-3H3;8-15,17-18H,3-7H2,1-2H3;3-4H,1-2H3;6*1H4. The number of rotatable bonds is 4. The Balaban J connectivity index is 0.000000293. The van der Waals surface area contributed by atoms with Crippen molar-refractivity contribution in [3.8, 4) is 0 Å². The highest BCUT2D eigenvalue weighted by Gasteiger charge is 2.67. The SMILES string of the molecule is C.C.C.C.C.C.CC1C(=O)OC(=O)C1C.CC1C(C)C2CC1C1C3CC(C4CCC(=O)O4)C(C3)C21.CCC1(OC(=O)C2CC3CC2C(C)C3C)CC2CCC1C2. The molecule has 0 amide bonds. The average molecular weight is 789 g/mol. The van der Waals surface area contributed by atoms with E-state index in [-0.39, 0.29) is 86.0 Å². The Hall–Kier alpha value is -1.92. The van der Waals surface area contributed by atoms with Gasteiger partial charge in [-0.05, 0) is 159 Å². The van der Waals surface area contributed by atoms with Crippen molar-refractivity contribution in [2.24, 2.45) is 107 Å². The molecule has 0 N–H and O–H groups in total. The van der Waals surface area contributed by atoms with Crippen LogP contribution in [0.15, 0.2) is 0 Å². The third kappa shape index (κ3) is 7.91. The van der Waals surface area contributed by atoms with E-state index in [1.54, 1.807) is 13.8 Å². The zero-order valence-electron chi connectivity index (χ0n) is 31.8. The summed E-state index contributed by atoms with van der Waals surface area (Å²) in [5.41, 5.74) is -0.0866. The van der Waals surface area contributed by atoms with Gasteiger partial charge in [-0.15, -0.1) is 0 Å². The van der Waals surface area contributed by atoms with E-state index in [1.807, 2.05) is 0 Å². The van der Waals surface area contributed by atoms with Gasteiger partial charge in [-0.1, -0.05) is 93.0 Å². The third-order valence-electron chi connectivity index (χ3n) is 18.0. The zero-order valence-corrected chi connectivity index (χ0v) is 31.8. The fourth-order valence-corrected chi connectivity index (χ4v) is 14.8.